The van der Waals surface area contributed by atoms with Crippen LogP contribution >= 0.6 is 0 Å². The molecule has 3 N–H and O–H groups in total. The van der Waals surface area contributed by atoms with Gasteiger partial charge in [0.25, 0.3) is 0 Å². The number of likely N-dealkylation sites (tertiary alicyclic amines) is 1. The monoisotopic (exact) mass is 254 g/mol. The smallest absolute Gasteiger partial charge is 0.227 e. The van der Waals surface area contributed by atoms with E-state index in [-0.39, 0.29) is 12.1 Å². The first-order valence-electron chi connectivity index (χ1n) is 6.40. The van der Waals surface area contributed by atoms with Gasteiger partial charge in [-0.05, 0) is 18.1 Å². The second kappa shape index (κ2) is 13.7. The molecule has 1 rings (SSSR count). The van der Waals surface area contributed by atoms with E-state index in [0.717, 1.165) is 12.1 Å². The second-order valence-corrected chi connectivity index (χ2v) is 3.17. The normalized spacial score (nSPS) is 18.1. The van der Waals surface area contributed by atoms with Gasteiger partial charge in [-0.3, -0.25) is 4.79 Å². The Morgan fingerprint density at radius 3 is 2.06 bits per heavy atom. The molecule has 0 bridgehead atoms. The molecule has 0 spiro atoms. The van der Waals surface area contributed by atoms with Crippen LogP contribution < -0.4 is 6.15 Å². The van der Waals surface area contributed by atoms with Crippen LogP contribution in [0.25, 0.3) is 0 Å². The van der Waals surface area contributed by atoms with Gasteiger partial charge in [-0.25, -0.2) is 0 Å². The standard InChI is InChI=1S/C11H15NO.2C2H6.H3N/c1-4-6-10-7-11(13)12(3)8-9(10)5-2;2*1-2;/h4-6H,1,7-8H2,2-3H3;2*1-2H3;1H3/b9-5-,10-6-;;;. The number of carbonyl (C=O) groups is 1. The van der Waals surface area contributed by atoms with E-state index in [2.05, 4.69) is 12.7 Å². The van der Waals surface area contributed by atoms with Crippen molar-refractivity contribution in [3.63, 3.8) is 0 Å². The third-order valence-corrected chi connectivity index (χ3v) is 2.25. The molecule has 3 heteroatoms. The Labute approximate surface area is 113 Å². The van der Waals surface area contributed by atoms with Gasteiger partial charge in [0.15, 0.2) is 0 Å². The number of amides is 1. The molecule has 0 radical (unpaired) electrons. The molecule has 3 nitrogen and oxygen atoms in total. The van der Waals surface area contributed by atoms with E-state index in [1.165, 1.54) is 5.57 Å². The van der Waals surface area contributed by atoms with Gasteiger partial charge in [-0.1, -0.05) is 52.5 Å². The number of nitrogens with zero attached hydrogens (tertiary/aromatic N) is 1. The van der Waals surface area contributed by atoms with E-state index in [1.54, 1.807) is 11.0 Å². The van der Waals surface area contributed by atoms with Crippen molar-refractivity contribution in [3.05, 3.63) is 36.0 Å². The zero-order chi connectivity index (χ0) is 13.8. The molecule has 0 atom stereocenters. The first-order chi connectivity index (χ1) is 8.19. The minimum atomic E-state index is 0. The summed E-state index contributed by atoms with van der Waals surface area (Å²) in [5, 5.41) is 0. The number of hydrogen-bond acceptors (Lipinski definition) is 2. The van der Waals surface area contributed by atoms with Gasteiger partial charge >= 0.3 is 0 Å². The number of rotatable bonds is 1. The maximum Gasteiger partial charge on any atom is 0.227 e. The number of carbonyl (C=O) groups excluding carboxylic acids is 1. The van der Waals surface area contributed by atoms with Crippen LogP contribution in [0.5, 0.6) is 0 Å². The van der Waals surface area contributed by atoms with Gasteiger partial charge in [0.1, 0.15) is 0 Å². The molecule has 1 fully saturated rings. The first-order valence-corrected chi connectivity index (χ1v) is 6.40. The maximum absolute atomic E-state index is 11.4. The Kier molecular flexibility index (Phi) is 16.7. The highest BCUT2D eigenvalue weighted by molar-refractivity contribution is 5.82. The molecule has 0 unspecified atom stereocenters. The third-order valence-electron chi connectivity index (χ3n) is 2.25. The molecular formula is C15H30N2O. The van der Waals surface area contributed by atoms with Gasteiger partial charge in [-0.2, -0.15) is 0 Å². The zero-order valence-electron chi connectivity index (χ0n) is 12.9. The SMILES string of the molecule is C=C/C=C1/CC(=O)N(C)C/C1=C/C.CC.CC.N. The van der Waals surface area contributed by atoms with Crippen molar-refractivity contribution in [3.8, 4) is 0 Å². The molecule has 0 aromatic carbocycles. The third kappa shape index (κ3) is 7.07. The molecule has 18 heavy (non-hydrogen) atoms. The van der Waals surface area contributed by atoms with Crippen molar-refractivity contribution in [2.24, 2.45) is 0 Å². The summed E-state index contributed by atoms with van der Waals surface area (Å²) >= 11 is 0. The van der Waals surface area contributed by atoms with E-state index in [9.17, 15) is 4.79 Å². The first kappa shape index (κ1) is 21.9. The van der Waals surface area contributed by atoms with Crippen LogP contribution in [-0.4, -0.2) is 24.4 Å². The van der Waals surface area contributed by atoms with Crippen molar-refractivity contribution in [2.45, 2.75) is 41.0 Å². The van der Waals surface area contributed by atoms with Crippen LogP contribution in [0.4, 0.5) is 0 Å². The Balaban J connectivity index is -0.000000409. The average Bonchev–Trinajstić information content (AvgIpc) is 2.38. The van der Waals surface area contributed by atoms with E-state index in [4.69, 9.17) is 0 Å². The lowest BCUT2D eigenvalue weighted by molar-refractivity contribution is -0.129. The van der Waals surface area contributed by atoms with Crippen LogP contribution in [-0.2, 0) is 4.79 Å². The molecule has 1 aliphatic heterocycles. The van der Waals surface area contributed by atoms with Crippen molar-refractivity contribution in [1.29, 1.82) is 0 Å². The van der Waals surface area contributed by atoms with Crippen LogP contribution in [0.3, 0.4) is 0 Å². The summed E-state index contributed by atoms with van der Waals surface area (Å²) in [7, 11) is 1.83. The number of allylic oxidation sites excluding steroid dienone is 3. The molecule has 0 aromatic rings. The Bertz CT molecular complexity index is 291. The average molecular weight is 254 g/mol. The summed E-state index contributed by atoms with van der Waals surface area (Å²) in [6.07, 6.45) is 6.21. The fourth-order valence-corrected chi connectivity index (χ4v) is 1.44. The molecule has 1 aliphatic rings. The minimum Gasteiger partial charge on any atom is -0.344 e. The highest BCUT2D eigenvalue weighted by Crippen LogP contribution is 2.21. The molecule has 0 aromatic heterocycles. The summed E-state index contributed by atoms with van der Waals surface area (Å²) < 4.78 is 0. The Morgan fingerprint density at radius 1 is 1.17 bits per heavy atom. The molecule has 1 amide bonds. The largest absolute Gasteiger partial charge is 0.344 e. The van der Waals surface area contributed by atoms with Crippen LogP contribution in [0.1, 0.15) is 41.0 Å². The van der Waals surface area contributed by atoms with Crippen LogP contribution in [0.15, 0.2) is 36.0 Å². The number of hydrogen-bond donors (Lipinski definition) is 1. The van der Waals surface area contributed by atoms with Gasteiger partial charge in [0, 0.05) is 13.6 Å². The quantitative estimate of drug-likeness (QED) is 0.765. The van der Waals surface area contributed by atoms with Crippen molar-refractivity contribution < 1.29 is 4.79 Å². The fraction of sp³-hybridized carbons (Fsp3) is 0.533. The summed E-state index contributed by atoms with van der Waals surface area (Å²) in [4.78, 5) is 13.1. The van der Waals surface area contributed by atoms with E-state index >= 15 is 0 Å². The summed E-state index contributed by atoms with van der Waals surface area (Å²) in [6.45, 7) is 14.4. The summed E-state index contributed by atoms with van der Waals surface area (Å²) in [5.74, 6) is 0.179. The zero-order valence-corrected chi connectivity index (χ0v) is 12.9. The lowest BCUT2D eigenvalue weighted by atomic mass is 9.97. The molecule has 0 saturated carbocycles. The van der Waals surface area contributed by atoms with Gasteiger partial charge in [0.2, 0.25) is 5.91 Å². The predicted molar refractivity (Wildman–Crippen MR) is 82.0 cm³/mol. The molecule has 0 aliphatic carbocycles. The minimum absolute atomic E-state index is 0. The predicted octanol–water partition coefficient (Wildman–Crippen LogP) is 4.12. The maximum atomic E-state index is 11.4. The fourth-order valence-electron chi connectivity index (χ4n) is 1.44. The van der Waals surface area contributed by atoms with Crippen molar-refractivity contribution in [1.82, 2.24) is 11.1 Å². The van der Waals surface area contributed by atoms with Gasteiger partial charge in [0.05, 0.1) is 6.42 Å². The highest BCUT2D eigenvalue weighted by atomic mass is 16.2. The van der Waals surface area contributed by atoms with Crippen LogP contribution in [0.2, 0.25) is 0 Å². The molecule has 1 saturated heterocycles. The summed E-state index contributed by atoms with van der Waals surface area (Å²) in [6, 6.07) is 0. The molecular weight excluding hydrogens is 224 g/mol. The highest BCUT2D eigenvalue weighted by Gasteiger charge is 2.20. The van der Waals surface area contributed by atoms with E-state index < -0.39 is 0 Å². The van der Waals surface area contributed by atoms with Crippen molar-refractivity contribution in [2.75, 3.05) is 13.6 Å². The topological polar surface area (TPSA) is 55.3 Å². The lowest BCUT2D eigenvalue weighted by Crippen LogP contribution is -2.33. The Hall–Kier alpha value is -1.35. The summed E-state index contributed by atoms with van der Waals surface area (Å²) in [5.41, 5.74) is 2.32. The van der Waals surface area contributed by atoms with Gasteiger partial charge in [-0.15, -0.1) is 0 Å². The van der Waals surface area contributed by atoms with E-state index in [0.29, 0.717) is 6.42 Å². The van der Waals surface area contributed by atoms with Gasteiger partial charge < -0.3 is 11.1 Å². The van der Waals surface area contributed by atoms with Crippen molar-refractivity contribution >= 4 is 5.91 Å². The van der Waals surface area contributed by atoms with E-state index in [1.807, 2.05) is 47.7 Å². The lowest BCUT2D eigenvalue weighted by Gasteiger charge is -2.26. The second-order valence-electron chi connectivity index (χ2n) is 3.17. The molecule has 106 valence electrons. The number of piperidine rings is 1. The Morgan fingerprint density at radius 2 is 1.67 bits per heavy atom. The van der Waals surface area contributed by atoms with Crippen LogP contribution in [0, 0.1) is 0 Å². The molecule has 1 heterocycles. The number of likely N-dealkylation sites (N-methyl/N-ethyl adjacent to an activating group) is 1.